The fourth-order valence-corrected chi connectivity index (χ4v) is 7.71. The van der Waals surface area contributed by atoms with Crippen molar-refractivity contribution >= 4 is 39.5 Å². The molecule has 1 aliphatic carbocycles. The molecule has 2 aliphatic heterocycles. The fourth-order valence-electron chi connectivity index (χ4n) is 4.69. The van der Waals surface area contributed by atoms with Crippen LogP contribution in [0.1, 0.15) is 39.6 Å². The van der Waals surface area contributed by atoms with Gasteiger partial charge in [-0.1, -0.05) is 0 Å². The number of hydrogen-bond donors (Lipinski definition) is 1. The first kappa shape index (κ1) is 22.0. The molecule has 3 heterocycles. The first-order valence-corrected chi connectivity index (χ1v) is 12.2. The first-order chi connectivity index (χ1) is 14.5. The van der Waals surface area contributed by atoms with Gasteiger partial charge in [0.2, 0.25) is 5.91 Å². The van der Waals surface area contributed by atoms with Crippen molar-refractivity contribution in [3.05, 3.63) is 15.6 Å². The van der Waals surface area contributed by atoms with Gasteiger partial charge in [0, 0.05) is 44.4 Å². The van der Waals surface area contributed by atoms with Crippen molar-refractivity contribution in [1.82, 2.24) is 23.4 Å². The van der Waals surface area contributed by atoms with Crippen molar-refractivity contribution in [2.24, 2.45) is 5.92 Å². The van der Waals surface area contributed by atoms with Gasteiger partial charge in [-0.15, -0.1) is 11.3 Å². The van der Waals surface area contributed by atoms with Gasteiger partial charge in [0.1, 0.15) is 0 Å². The molecule has 1 N–H and O–H groups in total. The second-order valence-electron chi connectivity index (χ2n) is 8.44. The number of fused-ring (bicyclic) bond motifs is 2. The predicted molar refractivity (Wildman–Crippen MR) is 111 cm³/mol. The molecule has 11 nitrogen and oxygen atoms in total. The van der Waals surface area contributed by atoms with Crippen LogP contribution in [0, 0.1) is 5.92 Å². The van der Waals surface area contributed by atoms with E-state index in [1.54, 1.807) is 14.1 Å². The number of carbonyl (C=O) groups is 3. The van der Waals surface area contributed by atoms with Crippen molar-refractivity contribution < 1.29 is 27.9 Å². The maximum atomic E-state index is 13.4. The van der Waals surface area contributed by atoms with Gasteiger partial charge in [0.25, 0.3) is 5.91 Å². The molecule has 1 aromatic rings. The molecule has 0 unspecified atom stereocenters. The van der Waals surface area contributed by atoms with E-state index in [1.807, 2.05) is 7.05 Å². The quantitative estimate of drug-likeness (QED) is 0.657. The monoisotopic (exact) mass is 471 g/mol. The Morgan fingerprint density at radius 2 is 1.87 bits per heavy atom. The Hall–Kier alpha value is -2.25. The Morgan fingerprint density at radius 1 is 1.16 bits per heavy atom. The molecule has 4 rings (SSSR count). The number of carbonyl (C=O) groups excluding carboxylic acids is 2. The molecule has 170 valence electrons. The highest BCUT2D eigenvalue weighted by molar-refractivity contribution is 7.88. The van der Waals surface area contributed by atoms with E-state index in [2.05, 4.69) is 9.88 Å². The van der Waals surface area contributed by atoms with Crippen LogP contribution in [-0.2, 0) is 28.0 Å². The molecule has 0 radical (unpaired) electrons. The summed E-state index contributed by atoms with van der Waals surface area (Å²) in [6, 6.07) is -1.83. The maximum Gasteiger partial charge on any atom is 0.422 e. The van der Waals surface area contributed by atoms with Crippen LogP contribution < -0.4 is 0 Å². The zero-order valence-electron chi connectivity index (χ0n) is 17.5. The number of rotatable bonds is 2. The van der Waals surface area contributed by atoms with Gasteiger partial charge < -0.3 is 14.9 Å². The van der Waals surface area contributed by atoms with Crippen molar-refractivity contribution in [3.8, 4) is 0 Å². The second kappa shape index (κ2) is 7.71. The van der Waals surface area contributed by atoms with E-state index in [0.29, 0.717) is 28.0 Å². The van der Waals surface area contributed by atoms with Crippen molar-refractivity contribution in [2.75, 3.05) is 27.7 Å². The van der Waals surface area contributed by atoms with E-state index in [1.165, 1.54) is 4.90 Å². The molecule has 31 heavy (non-hydrogen) atoms. The highest BCUT2D eigenvalue weighted by atomic mass is 32.2. The van der Waals surface area contributed by atoms with E-state index in [-0.39, 0.29) is 23.8 Å². The summed E-state index contributed by atoms with van der Waals surface area (Å²) in [5, 5.41) is 9.64. The summed E-state index contributed by atoms with van der Waals surface area (Å²) in [6.07, 6.45) is -0.331. The Labute approximate surface area is 184 Å². The minimum Gasteiger partial charge on any atom is -0.464 e. The molecule has 3 atom stereocenters. The van der Waals surface area contributed by atoms with Gasteiger partial charge in [-0.2, -0.15) is 12.7 Å². The minimum atomic E-state index is -4.59. The highest BCUT2D eigenvalue weighted by Gasteiger charge is 2.58. The average molecular weight is 472 g/mol. The summed E-state index contributed by atoms with van der Waals surface area (Å²) >= 11 is 1.15. The number of aromatic nitrogens is 1. The SMILES string of the molecule is CN1CCc2nc(C(=O)N3[C@@H]4C[C@@H](C(=O)N(C)C)CC[C@@H]4N(C(=O)O)S3(=O)=O)sc2C1. The molecular formula is C18H25N5O6S2. The summed E-state index contributed by atoms with van der Waals surface area (Å²) in [6.45, 7) is 1.41. The average Bonchev–Trinajstić information content (AvgIpc) is 3.20. The molecule has 1 saturated heterocycles. The second-order valence-corrected chi connectivity index (χ2v) is 11.2. The summed E-state index contributed by atoms with van der Waals surface area (Å²) < 4.78 is 27.3. The zero-order valence-corrected chi connectivity index (χ0v) is 19.1. The van der Waals surface area contributed by atoms with Gasteiger partial charge >= 0.3 is 16.3 Å². The van der Waals surface area contributed by atoms with Gasteiger partial charge in [-0.05, 0) is 26.3 Å². The van der Waals surface area contributed by atoms with E-state index in [0.717, 1.165) is 28.5 Å². The Bertz CT molecular complexity index is 1040. The smallest absolute Gasteiger partial charge is 0.422 e. The lowest BCUT2D eigenvalue weighted by Gasteiger charge is -2.34. The number of thiazole rings is 1. The standard InChI is InChI=1S/C18H25N5O6S2/c1-20(2)16(24)10-4-5-12-13(8-10)22(31(28,29)23(12)18(26)27)17(25)15-19-11-6-7-21(3)9-14(11)30-15/h10,12-13H,4-9H2,1-3H3,(H,26,27)/t10-,12-,13+/m0/s1. The number of hydrogen-bond acceptors (Lipinski definition) is 8. The third-order valence-electron chi connectivity index (χ3n) is 6.16. The highest BCUT2D eigenvalue weighted by Crippen LogP contribution is 2.41. The molecule has 0 bridgehead atoms. The van der Waals surface area contributed by atoms with E-state index in [9.17, 15) is 27.9 Å². The van der Waals surface area contributed by atoms with Gasteiger partial charge in [-0.3, -0.25) is 9.59 Å². The van der Waals surface area contributed by atoms with Crippen LogP contribution in [0.2, 0.25) is 0 Å². The van der Waals surface area contributed by atoms with Crippen LogP contribution in [0.15, 0.2) is 0 Å². The third kappa shape index (κ3) is 3.57. The molecule has 1 aromatic heterocycles. The molecule has 3 amide bonds. The Kier molecular flexibility index (Phi) is 5.46. The predicted octanol–water partition coefficient (Wildman–Crippen LogP) is 0.437. The molecule has 0 aromatic carbocycles. The summed E-state index contributed by atoms with van der Waals surface area (Å²) in [5.41, 5.74) is 0.777. The zero-order chi connectivity index (χ0) is 22.7. The van der Waals surface area contributed by atoms with E-state index in [4.69, 9.17) is 0 Å². The van der Waals surface area contributed by atoms with Crippen molar-refractivity contribution in [2.45, 2.75) is 44.3 Å². The lowest BCUT2D eigenvalue weighted by atomic mass is 9.81. The van der Waals surface area contributed by atoms with Crippen molar-refractivity contribution in [3.63, 3.8) is 0 Å². The molecule has 3 aliphatic rings. The summed E-state index contributed by atoms with van der Waals surface area (Å²) in [5.74, 6) is -1.46. The lowest BCUT2D eigenvalue weighted by Crippen LogP contribution is -2.47. The Balaban J connectivity index is 1.71. The van der Waals surface area contributed by atoms with Crippen LogP contribution in [0.5, 0.6) is 0 Å². The molecular weight excluding hydrogens is 446 g/mol. The molecule has 2 fully saturated rings. The van der Waals surface area contributed by atoms with Gasteiger partial charge in [0.05, 0.1) is 17.8 Å². The van der Waals surface area contributed by atoms with Crippen LogP contribution in [0.3, 0.4) is 0 Å². The third-order valence-corrected chi connectivity index (χ3v) is 9.09. The lowest BCUT2D eigenvalue weighted by molar-refractivity contribution is -0.134. The number of carboxylic acid groups (broad SMARTS) is 1. The Morgan fingerprint density at radius 3 is 2.52 bits per heavy atom. The van der Waals surface area contributed by atoms with Gasteiger partial charge in [0.15, 0.2) is 5.01 Å². The number of amides is 3. The fraction of sp³-hybridized carbons (Fsp3) is 0.667. The number of likely N-dealkylation sites (N-methyl/N-ethyl adjacent to an activating group) is 1. The first-order valence-electron chi connectivity index (χ1n) is 10.0. The van der Waals surface area contributed by atoms with E-state index < -0.39 is 40.2 Å². The minimum absolute atomic E-state index is 0.0379. The van der Waals surface area contributed by atoms with Crippen LogP contribution in [0.25, 0.3) is 0 Å². The maximum absolute atomic E-state index is 13.4. The summed E-state index contributed by atoms with van der Waals surface area (Å²) in [4.78, 5) is 46.5. The van der Waals surface area contributed by atoms with Gasteiger partial charge in [-0.25, -0.2) is 14.1 Å². The normalized spacial score (nSPS) is 27.5. The van der Waals surface area contributed by atoms with Crippen LogP contribution in [-0.4, -0.2) is 94.6 Å². The molecule has 13 heteroatoms. The number of nitrogens with zero attached hydrogens (tertiary/aromatic N) is 5. The van der Waals surface area contributed by atoms with Crippen LogP contribution >= 0.6 is 11.3 Å². The largest absolute Gasteiger partial charge is 0.464 e. The van der Waals surface area contributed by atoms with Crippen molar-refractivity contribution in [1.29, 1.82) is 0 Å². The molecule has 1 saturated carbocycles. The topological polar surface area (TPSA) is 131 Å². The molecule has 0 spiro atoms. The van der Waals surface area contributed by atoms with Crippen LogP contribution in [0.4, 0.5) is 4.79 Å². The van der Waals surface area contributed by atoms with E-state index >= 15 is 0 Å². The summed E-state index contributed by atoms with van der Waals surface area (Å²) in [7, 11) is 0.592.